The molecule has 2 bridgehead atoms. The highest BCUT2D eigenvalue weighted by Gasteiger charge is 2.35. The molecule has 2 nitrogen and oxygen atoms in total. The molecule has 2 aliphatic carbocycles. The summed E-state index contributed by atoms with van der Waals surface area (Å²) in [5.41, 5.74) is 8.37. The van der Waals surface area contributed by atoms with E-state index in [1.165, 1.54) is 49.1 Å². The third-order valence-electron chi connectivity index (χ3n) is 7.08. The van der Waals surface area contributed by atoms with Crippen LogP contribution in [0.4, 0.5) is 0 Å². The third-order valence-corrected chi connectivity index (χ3v) is 7.08. The molecule has 0 radical (unpaired) electrons. The zero-order valence-corrected chi connectivity index (χ0v) is 17.0. The zero-order chi connectivity index (χ0) is 20.0. The fourth-order valence-electron chi connectivity index (χ4n) is 5.43. The van der Waals surface area contributed by atoms with Gasteiger partial charge in [0.05, 0.1) is 0 Å². The molecule has 7 rings (SSSR count). The minimum atomic E-state index is -0.0915. The van der Waals surface area contributed by atoms with Crippen molar-refractivity contribution in [3.63, 3.8) is 0 Å². The summed E-state index contributed by atoms with van der Waals surface area (Å²) in [7, 11) is 0. The molecule has 1 unspecified atom stereocenters. The van der Waals surface area contributed by atoms with Gasteiger partial charge >= 0.3 is 0 Å². The lowest BCUT2D eigenvalue weighted by Crippen LogP contribution is -2.26. The van der Waals surface area contributed by atoms with Gasteiger partial charge in [-0.2, -0.15) is 0 Å². The van der Waals surface area contributed by atoms with Crippen molar-refractivity contribution < 1.29 is 4.42 Å². The van der Waals surface area contributed by atoms with Gasteiger partial charge in [-0.1, -0.05) is 62.4 Å². The Morgan fingerprint density at radius 2 is 1.63 bits per heavy atom. The van der Waals surface area contributed by atoms with Crippen LogP contribution in [0.15, 0.2) is 76.7 Å². The number of aromatic amines is 1. The molecule has 2 aliphatic rings. The van der Waals surface area contributed by atoms with Crippen LogP contribution in [0.1, 0.15) is 30.9 Å². The molecule has 2 aromatic heterocycles. The van der Waals surface area contributed by atoms with Gasteiger partial charge in [-0.05, 0) is 47.0 Å². The molecule has 0 fully saturated rings. The van der Waals surface area contributed by atoms with Crippen molar-refractivity contribution in [1.29, 1.82) is 0 Å². The van der Waals surface area contributed by atoms with Crippen LogP contribution in [0.2, 0.25) is 0 Å². The Hall–Kier alpha value is -3.52. The largest absolute Gasteiger partial charge is 0.456 e. The predicted octanol–water partition coefficient (Wildman–Crippen LogP) is 5.64. The summed E-state index contributed by atoms with van der Waals surface area (Å²) in [5, 5.41) is 5.00. The summed E-state index contributed by atoms with van der Waals surface area (Å²) in [5.74, 6) is 0.236. The molecule has 2 heteroatoms. The van der Waals surface area contributed by atoms with Gasteiger partial charge in [0.1, 0.15) is 11.0 Å². The summed E-state index contributed by atoms with van der Waals surface area (Å²) in [6.45, 7) is 4.65. The highest BCUT2D eigenvalue weighted by molar-refractivity contribution is 6.08. The average Bonchev–Trinajstić information content (AvgIpc) is 3.22. The van der Waals surface area contributed by atoms with Crippen molar-refractivity contribution in [2.24, 2.45) is 0 Å². The molecular weight excluding hydrogens is 366 g/mol. The second kappa shape index (κ2) is 5.34. The van der Waals surface area contributed by atoms with Crippen molar-refractivity contribution in [2.45, 2.75) is 25.2 Å². The second-order valence-corrected chi connectivity index (χ2v) is 9.12. The predicted molar refractivity (Wildman–Crippen MR) is 124 cm³/mol. The molecular formula is C28H21NO. The summed E-state index contributed by atoms with van der Waals surface area (Å²) in [6, 6.07) is 21.7. The van der Waals surface area contributed by atoms with Gasteiger partial charge in [0.15, 0.2) is 0 Å². The number of benzene rings is 3. The molecule has 144 valence electrons. The summed E-state index contributed by atoms with van der Waals surface area (Å²) >= 11 is 0. The molecule has 2 heterocycles. The molecule has 0 saturated carbocycles. The van der Waals surface area contributed by atoms with E-state index in [9.17, 15) is 0 Å². The molecule has 0 spiro atoms. The smallest absolute Gasteiger partial charge is 0.135 e. The first-order chi connectivity index (χ1) is 14.6. The lowest BCUT2D eigenvalue weighted by atomic mass is 9.68. The number of H-pyrrole nitrogens is 1. The third kappa shape index (κ3) is 1.98. The van der Waals surface area contributed by atoms with Gasteiger partial charge in [0.25, 0.3) is 0 Å². The number of para-hydroxylation sites is 2. The average molecular weight is 387 g/mol. The minimum Gasteiger partial charge on any atom is -0.456 e. The number of hydrogen-bond donors (Lipinski definition) is 1. The molecule has 30 heavy (non-hydrogen) atoms. The molecule has 0 saturated heterocycles. The van der Waals surface area contributed by atoms with Crippen LogP contribution in [0.25, 0.3) is 44.9 Å². The van der Waals surface area contributed by atoms with Gasteiger partial charge in [-0.3, -0.25) is 0 Å². The van der Waals surface area contributed by atoms with Crippen LogP contribution >= 0.6 is 0 Å². The van der Waals surface area contributed by atoms with Crippen molar-refractivity contribution in [3.8, 4) is 0 Å². The van der Waals surface area contributed by atoms with Crippen molar-refractivity contribution in [1.82, 2.24) is 4.98 Å². The van der Waals surface area contributed by atoms with Gasteiger partial charge in [-0.25, -0.2) is 0 Å². The first-order valence-corrected chi connectivity index (χ1v) is 10.6. The number of nitrogens with one attached hydrogen (secondary N) is 1. The normalized spacial score (nSPS) is 19.0. The molecule has 5 aromatic rings. The molecule has 0 aliphatic heterocycles. The van der Waals surface area contributed by atoms with E-state index in [-0.39, 0.29) is 11.3 Å². The Morgan fingerprint density at radius 3 is 2.53 bits per heavy atom. The Kier molecular flexibility index (Phi) is 2.90. The summed E-state index contributed by atoms with van der Waals surface area (Å²) in [6.07, 6.45) is 7.07. The molecule has 3 aromatic carbocycles. The summed E-state index contributed by atoms with van der Waals surface area (Å²) < 4.78 is 6.26. The van der Waals surface area contributed by atoms with Gasteiger partial charge in [0, 0.05) is 43.7 Å². The van der Waals surface area contributed by atoms with Crippen molar-refractivity contribution in [2.75, 3.05) is 0 Å². The van der Waals surface area contributed by atoms with E-state index < -0.39 is 0 Å². The highest BCUT2D eigenvalue weighted by Crippen LogP contribution is 2.46. The number of furan rings is 1. The molecule has 0 amide bonds. The zero-order valence-electron chi connectivity index (χ0n) is 17.0. The maximum Gasteiger partial charge on any atom is 0.135 e. The van der Waals surface area contributed by atoms with E-state index >= 15 is 0 Å². The Bertz CT molecular complexity index is 1670. The van der Waals surface area contributed by atoms with E-state index in [0.717, 1.165) is 11.0 Å². The number of allylic oxidation sites excluding steroid dienone is 2. The van der Waals surface area contributed by atoms with E-state index in [1.54, 1.807) is 0 Å². The van der Waals surface area contributed by atoms with Crippen LogP contribution in [0.5, 0.6) is 0 Å². The van der Waals surface area contributed by atoms with E-state index in [0.29, 0.717) is 0 Å². The van der Waals surface area contributed by atoms with Crippen LogP contribution in [-0.4, -0.2) is 4.98 Å². The lowest BCUT2D eigenvalue weighted by molar-refractivity contribution is 0.571. The monoisotopic (exact) mass is 387 g/mol. The number of aromatic nitrogens is 1. The number of fused-ring (bicyclic) bond motifs is 9. The van der Waals surface area contributed by atoms with E-state index in [2.05, 4.69) is 91.7 Å². The number of rotatable bonds is 0. The lowest BCUT2D eigenvalue weighted by Gasteiger charge is -2.35. The SMILES string of the molecule is CC1(C)C2=CC(C=c3c(oc4ccccc34)=C2)c2cc3c(cc21)[nH]c1ccccc13. The molecule has 1 N–H and O–H groups in total. The van der Waals surface area contributed by atoms with Gasteiger partial charge in [0.2, 0.25) is 0 Å². The maximum atomic E-state index is 6.26. The van der Waals surface area contributed by atoms with Gasteiger partial charge in [-0.15, -0.1) is 0 Å². The molecule has 1 atom stereocenters. The van der Waals surface area contributed by atoms with Gasteiger partial charge < -0.3 is 9.40 Å². The second-order valence-electron chi connectivity index (χ2n) is 9.12. The number of hydrogen-bond acceptors (Lipinski definition) is 1. The first-order valence-electron chi connectivity index (χ1n) is 10.6. The Labute approximate surface area is 173 Å². The van der Waals surface area contributed by atoms with Crippen LogP contribution in [0, 0.1) is 0 Å². The van der Waals surface area contributed by atoms with E-state index in [4.69, 9.17) is 4.42 Å². The van der Waals surface area contributed by atoms with Crippen molar-refractivity contribution in [3.05, 3.63) is 94.1 Å². The van der Waals surface area contributed by atoms with Crippen molar-refractivity contribution >= 4 is 44.9 Å². The minimum absolute atomic E-state index is 0.0915. The quantitative estimate of drug-likeness (QED) is 0.366. The van der Waals surface area contributed by atoms with E-state index in [1.807, 2.05) is 6.07 Å². The van der Waals surface area contributed by atoms with Crippen LogP contribution < -0.4 is 10.6 Å². The topological polar surface area (TPSA) is 28.9 Å². The summed E-state index contributed by atoms with van der Waals surface area (Å²) in [4.78, 5) is 3.63. The fraction of sp³-hybridized carbons (Fsp3) is 0.143. The van der Waals surface area contributed by atoms with Crippen LogP contribution in [0.3, 0.4) is 0 Å². The van der Waals surface area contributed by atoms with Crippen LogP contribution in [-0.2, 0) is 5.41 Å². The fourth-order valence-corrected chi connectivity index (χ4v) is 5.43. The Morgan fingerprint density at radius 1 is 0.833 bits per heavy atom. The Balaban J connectivity index is 1.60. The maximum absolute atomic E-state index is 6.26. The first kappa shape index (κ1) is 16.3. The standard InChI is InChI=1S/C28H21NO/c1-28(2)17-11-16(12-22-19-8-4-6-10-26(19)30-27(22)13-17)20-14-21-18-7-3-5-9-24(18)29-25(21)15-23(20)28/h3-16,29H,1-2H3. The highest BCUT2D eigenvalue weighted by atomic mass is 16.3.